The Bertz CT molecular complexity index is 1020. The molecule has 0 aliphatic rings. The van der Waals surface area contributed by atoms with E-state index in [1.807, 2.05) is 38.1 Å². The lowest BCUT2D eigenvalue weighted by Crippen LogP contribution is -2.20. The molecule has 9 heteroatoms. The van der Waals surface area contributed by atoms with Crippen molar-refractivity contribution >= 4 is 28.1 Å². The van der Waals surface area contributed by atoms with Crippen LogP contribution in [0.2, 0.25) is 0 Å². The van der Waals surface area contributed by atoms with Crippen molar-refractivity contribution in [3.05, 3.63) is 56.2 Å². The second-order valence-electron chi connectivity index (χ2n) is 6.27. The second-order valence-corrected chi connectivity index (χ2v) is 7.48. The van der Waals surface area contributed by atoms with Crippen LogP contribution >= 0.6 is 11.3 Å². The highest BCUT2D eigenvalue weighted by Gasteiger charge is 2.23. The molecule has 3 rings (SSSR count). The highest BCUT2D eigenvalue weighted by atomic mass is 32.1. The number of carbonyl (C=O) groups is 1. The van der Waals surface area contributed by atoms with Crippen LogP contribution in [-0.2, 0) is 11.3 Å². The number of amides is 1. The van der Waals surface area contributed by atoms with Gasteiger partial charge in [0, 0.05) is 10.4 Å². The summed E-state index contributed by atoms with van der Waals surface area (Å²) in [5, 5.41) is 18.4. The summed E-state index contributed by atoms with van der Waals surface area (Å²) >= 11 is 1.39. The van der Waals surface area contributed by atoms with Crippen molar-refractivity contribution in [2.75, 3.05) is 5.32 Å². The number of thiazole rings is 1. The number of aryl methyl sites for hydroxylation is 3. The SMILES string of the molecule is Cc1ccc(-c2nc(NC(=O)Cn3nc(C)c([N+](=O)[O-])c3C)sc2C)cc1. The fraction of sp³-hybridized carbons (Fsp3) is 0.278. The van der Waals surface area contributed by atoms with E-state index >= 15 is 0 Å². The predicted octanol–water partition coefficient (Wildman–Crippen LogP) is 3.79. The molecule has 3 aromatic rings. The van der Waals surface area contributed by atoms with Gasteiger partial charge in [-0.1, -0.05) is 29.8 Å². The van der Waals surface area contributed by atoms with Crippen molar-refractivity contribution in [3.8, 4) is 11.3 Å². The minimum absolute atomic E-state index is 0.0606. The van der Waals surface area contributed by atoms with Crippen LogP contribution in [0.1, 0.15) is 21.8 Å². The third-order valence-corrected chi connectivity index (χ3v) is 5.07. The van der Waals surface area contributed by atoms with Gasteiger partial charge >= 0.3 is 5.69 Å². The van der Waals surface area contributed by atoms with Gasteiger partial charge in [0.1, 0.15) is 17.9 Å². The average Bonchev–Trinajstić information content (AvgIpc) is 3.07. The van der Waals surface area contributed by atoms with Gasteiger partial charge in [-0.3, -0.25) is 19.6 Å². The second kappa shape index (κ2) is 7.28. The molecule has 2 aromatic heterocycles. The lowest BCUT2D eigenvalue weighted by molar-refractivity contribution is -0.386. The predicted molar refractivity (Wildman–Crippen MR) is 104 cm³/mol. The number of nitrogens with zero attached hydrogens (tertiary/aromatic N) is 4. The molecule has 0 atom stereocenters. The number of nitrogens with one attached hydrogen (secondary N) is 1. The van der Waals surface area contributed by atoms with Crippen LogP contribution in [0.5, 0.6) is 0 Å². The van der Waals surface area contributed by atoms with Gasteiger partial charge in [0.2, 0.25) is 5.91 Å². The van der Waals surface area contributed by atoms with E-state index in [0.717, 1.165) is 16.1 Å². The van der Waals surface area contributed by atoms with Crippen LogP contribution in [-0.4, -0.2) is 25.6 Å². The molecule has 1 N–H and O–H groups in total. The van der Waals surface area contributed by atoms with Crippen LogP contribution in [0, 0.1) is 37.8 Å². The zero-order valence-corrected chi connectivity index (χ0v) is 16.3. The number of benzene rings is 1. The summed E-state index contributed by atoms with van der Waals surface area (Å²) in [6, 6.07) is 8.03. The van der Waals surface area contributed by atoms with E-state index in [4.69, 9.17) is 0 Å². The molecular weight excluding hydrogens is 366 g/mol. The third kappa shape index (κ3) is 3.87. The normalized spacial score (nSPS) is 10.8. The maximum atomic E-state index is 12.4. The lowest BCUT2D eigenvalue weighted by Gasteiger charge is -2.03. The number of rotatable bonds is 5. The lowest BCUT2D eigenvalue weighted by atomic mass is 10.1. The Balaban J connectivity index is 1.76. The maximum Gasteiger partial charge on any atom is 0.312 e. The summed E-state index contributed by atoms with van der Waals surface area (Å²) in [6.07, 6.45) is 0. The van der Waals surface area contributed by atoms with Gasteiger partial charge in [0.25, 0.3) is 0 Å². The summed E-state index contributed by atoms with van der Waals surface area (Å²) < 4.78 is 1.34. The minimum atomic E-state index is -0.482. The number of hydrogen-bond donors (Lipinski definition) is 1. The zero-order valence-electron chi connectivity index (χ0n) is 15.4. The van der Waals surface area contributed by atoms with Gasteiger partial charge in [-0.2, -0.15) is 5.10 Å². The summed E-state index contributed by atoms with van der Waals surface area (Å²) in [5.41, 5.74) is 3.56. The summed E-state index contributed by atoms with van der Waals surface area (Å²) in [6.45, 7) is 6.99. The number of carbonyl (C=O) groups excluding carboxylic acids is 1. The highest BCUT2D eigenvalue weighted by Crippen LogP contribution is 2.30. The maximum absolute atomic E-state index is 12.4. The van der Waals surface area contributed by atoms with Crippen molar-refractivity contribution in [1.29, 1.82) is 0 Å². The Morgan fingerprint density at radius 2 is 1.89 bits per heavy atom. The molecule has 0 saturated carbocycles. The molecule has 2 heterocycles. The fourth-order valence-corrected chi connectivity index (χ4v) is 3.68. The molecule has 0 aliphatic carbocycles. The molecule has 0 aliphatic heterocycles. The van der Waals surface area contributed by atoms with E-state index < -0.39 is 4.92 Å². The molecule has 140 valence electrons. The minimum Gasteiger partial charge on any atom is -0.300 e. The van der Waals surface area contributed by atoms with Gasteiger partial charge in [-0.05, 0) is 27.7 Å². The number of nitro groups is 1. The van der Waals surface area contributed by atoms with E-state index in [-0.39, 0.29) is 23.8 Å². The van der Waals surface area contributed by atoms with Crippen molar-refractivity contribution in [2.24, 2.45) is 0 Å². The van der Waals surface area contributed by atoms with Crippen molar-refractivity contribution in [2.45, 2.75) is 34.2 Å². The van der Waals surface area contributed by atoms with Crippen molar-refractivity contribution in [3.63, 3.8) is 0 Å². The zero-order chi connectivity index (χ0) is 19.7. The molecule has 27 heavy (non-hydrogen) atoms. The Hall–Kier alpha value is -3.07. The van der Waals surface area contributed by atoms with Gasteiger partial charge < -0.3 is 5.32 Å². The molecule has 0 radical (unpaired) electrons. The molecule has 0 saturated heterocycles. The first-order valence-corrected chi connectivity index (χ1v) is 9.10. The molecule has 1 amide bonds. The topological polar surface area (TPSA) is 103 Å². The van der Waals surface area contributed by atoms with Crippen LogP contribution < -0.4 is 5.32 Å². The summed E-state index contributed by atoms with van der Waals surface area (Å²) in [4.78, 5) is 28.5. The fourth-order valence-electron chi connectivity index (χ4n) is 2.83. The number of anilines is 1. The van der Waals surface area contributed by atoms with E-state index in [0.29, 0.717) is 10.8 Å². The highest BCUT2D eigenvalue weighted by molar-refractivity contribution is 7.16. The first-order chi connectivity index (χ1) is 12.8. The smallest absolute Gasteiger partial charge is 0.300 e. The summed E-state index contributed by atoms with van der Waals surface area (Å²) in [7, 11) is 0. The van der Waals surface area contributed by atoms with Gasteiger partial charge in [-0.15, -0.1) is 11.3 Å². The standard InChI is InChI=1S/C18H19N5O3S/c1-10-5-7-14(8-6-10)16-13(4)27-18(20-16)19-15(24)9-22-12(3)17(23(25)26)11(2)21-22/h5-8H,9H2,1-4H3,(H,19,20,24). The van der Waals surface area contributed by atoms with Gasteiger partial charge in [0.15, 0.2) is 5.13 Å². The molecule has 0 bridgehead atoms. The van der Waals surface area contributed by atoms with E-state index in [1.165, 1.54) is 21.6 Å². The molecule has 0 unspecified atom stereocenters. The number of aromatic nitrogens is 3. The van der Waals surface area contributed by atoms with Crippen molar-refractivity contribution < 1.29 is 9.72 Å². The molecule has 0 spiro atoms. The van der Waals surface area contributed by atoms with Gasteiger partial charge in [0.05, 0.1) is 10.6 Å². The van der Waals surface area contributed by atoms with E-state index in [2.05, 4.69) is 15.4 Å². The Kier molecular flexibility index (Phi) is 5.04. The van der Waals surface area contributed by atoms with Gasteiger partial charge in [-0.25, -0.2) is 4.98 Å². The van der Waals surface area contributed by atoms with E-state index in [9.17, 15) is 14.9 Å². The first kappa shape index (κ1) is 18.7. The molecule has 0 fully saturated rings. The van der Waals surface area contributed by atoms with Crippen LogP contribution in [0.25, 0.3) is 11.3 Å². The average molecular weight is 385 g/mol. The number of hydrogen-bond acceptors (Lipinski definition) is 6. The molecule has 1 aromatic carbocycles. The Labute approximate surface area is 160 Å². The summed E-state index contributed by atoms with van der Waals surface area (Å²) in [5.74, 6) is -0.334. The molecule has 8 nitrogen and oxygen atoms in total. The van der Waals surface area contributed by atoms with Crippen molar-refractivity contribution in [1.82, 2.24) is 14.8 Å². The molecular formula is C18H19N5O3S. The Morgan fingerprint density at radius 3 is 2.48 bits per heavy atom. The van der Waals surface area contributed by atoms with Crippen LogP contribution in [0.15, 0.2) is 24.3 Å². The first-order valence-electron chi connectivity index (χ1n) is 8.29. The van der Waals surface area contributed by atoms with E-state index in [1.54, 1.807) is 13.8 Å². The van der Waals surface area contributed by atoms with Crippen LogP contribution in [0.4, 0.5) is 10.8 Å². The monoisotopic (exact) mass is 385 g/mol. The van der Waals surface area contributed by atoms with Crippen LogP contribution in [0.3, 0.4) is 0 Å². The quantitative estimate of drug-likeness (QED) is 0.532. The third-order valence-electron chi connectivity index (χ3n) is 4.19. The Morgan fingerprint density at radius 1 is 1.22 bits per heavy atom. The largest absolute Gasteiger partial charge is 0.312 e.